The minimum absolute atomic E-state index is 0.194. The van der Waals surface area contributed by atoms with Gasteiger partial charge in [-0.2, -0.15) is 0 Å². The van der Waals surface area contributed by atoms with Crippen LogP contribution in [0.2, 0.25) is 0 Å². The highest BCUT2D eigenvalue weighted by Crippen LogP contribution is 2.21. The zero-order chi connectivity index (χ0) is 19.3. The van der Waals surface area contributed by atoms with Crippen LogP contribution in [0.25, 0.3) is 0 Å². The molecule has 2 aromatic rings. The number of anilines is 1. The first-order valence-electron chi connectivity index (χ1n) is 7.58. The molecule has 1 atom stereocenters. The Morgan fingerprint density at radius 1 is 1.23 bits per heavy atom. The topological polar surface area (TPSA) is 113 Å². The molecule has 0 radical (unpaired) electrons. The van der Waals surface area contributed by atoms with Gasteiger partial charge in [-0.05, 0) is 31.2 Å². The van der Waals surface area contributed by atoms with Crippen molar-refractivity contribution in [2.75, 3.05) is 5.32 Å². The number of amides is 2. The highest BCUT2D eigenvalue weighted by molar-refractivity contribution is 5.92. The first kappa shape index (κ1) is 18.8. The molecule has 0 aliphatic rings. The molecular formula is C17H16FN3O5. The van der Waals surface area contributed by atoms with Crippen molar-refractivity contribution in [3.8, 4) is 0 Å². The van der Waals surface area contributed by atoms with Crippen LogP contribution in [0.15, 0.2) is 48.5 Å². The fourth-order valence-electron chi connectivity index (χ4n) is 2.25. The molecule has 2 N–H and O–H groups in total. The molecule has 136 valence electrons. The number of carbonyl (C=O) groups is 2. The number of carboxylic acids is 1. The van der Waals surface area contributed by atoms with Crippen LogP contribution in [0.1, 0.15) is 12.5 Å². The molecule has 26 heavy (non-hydrogen) atoms. The van der Waals surface area contributed by atoms with Crippen molar-refractivity contribution >= 4 is 23.4 Å². The van der Waals surface area contributed by atoms with Crippen LogP contribution in [0.3, 0.4) is 0 Å². The summed E-state index contributed by atoms with van der Waals surface area (Å²) < 4.78 is 13.0. The standard InChI is InChI=1S/C17H16FN3O5/c1-11(16(22)23)20(10-12-4-2-3-5-15(12)21(25)26)17(24)19-14-8-6-13(18)7-9-14/h2-9,11H,10H2,1H3,(H,19,24)(H,22,23)/t11-/m0/s1. The Kier molecular flexibility index (Phi) is 5.84. The lowest BCUT2D eigenvalue weighted by Gasteiger charge is -2.26. The third kappa shape index (κ3) is 4.53. The number of halogens is 1. The van der Waals surface area contributed by atoms with Crippen LogP contribution in [0, 0.1) is 15.9 Å². The molecule has 9 heteroatoms. The summed E-state index contributed by atoms with van der Waals surface area (Å²) >= 11 is 0. The van der Waals surface area contributed by atoms with Crippen LogP contribution in [0.5, 0.6) is 0 Å². The van der Waals surface area contributed by atoms with Gasteiger partial charge in [0.25, 0.3) is 5.69 Å². The number of urea groups is 1. The quantitative estimate of drug-likeness (QED) is 0.606. The zero-order valence-corrected chi connectivity index (χ0v) is 13.8. The number of carbonyl (C=O) groups excluding carboxylic acids is 1. The Balaban J connectivity index is 2.29. The predicted molar refractivity (Wildman–Crippen MR) is 91.2 cm³/mol. The monoisotopic (exact) mass is 361 g/mol. The summed E-state index contributed by atoms with van der Waals surface area (Å²) in [7, 11) is 0. The molecule has 0 aliphatic heterocycles. The molecule has 2 rings (SSSR count). The lowest BCUT2D eigenvalue weighted by molar-refractivity contribution is -0.385. The fourth-order valence-corrected chi connectivity index (χ4v) is 2.25. The van der Waals surface area contributed by atoms with Gasteiger partial charge in [0.2, 0.25) is 0 Å². The smallest absolute Gasteiger partial charge is 0.326 e. The number of hydrogen-bond acceptors (Lipinski definition) is 4. The van der Waals surface area contributed by atoms with E-state index in [9.17, 15) is 29.2 Å². The normalized spacial score (nSPS) is 11.5. The SMILES string of the molecule is C[C@@H](C(=O)O)N(Cc1ccccc1[N+](=O)[O-])C(=O)Nc1ccc(F)cc1. The molecule has 2 amide bonds. The second kappa shape index (κ2) is 8.06. The van der Waals surface area contributed by atoms with Gasteiger partial charge >= 0.3 is 12.0 Å². The maximum absolute atomic E-state index is 13.0. The Bertz CT molecular complexity index is 825. The number of rotatable bonds is 6. The van der Waals surface area contributed by atoms with Gasteiger partial charge in [-0.1, -0.05) is 18.2 Å². The van der Waals surface area contributed by atoms with E-state index in [-0.39, 0.29) is 23.5 Å². The summed E-state index contributed by atoms with van der Waals surface area (Å²) in [6, 6.07) is 8.67. The zero-order valence-electron chi connectivity index (χ0n) is 13.8. The molecule has 0 aliphatic carbocycles. The fraction of sp³-hybridized carbons (Fsp3) is 0.176. The Morgan fingerprint density at radius 2 is 1.85 bits per heavy atom. The molecular weight excluding hydrogens is 345 g/mol. The summed E-state index contributed by atoms with van der Waals surface area (Å²) in [5.74, 6) is -1.75. The van der Waals surface area contributed by atoms with Crippen molar-refractivity contribution in [3.63, 3.8) is 0 Å². The number of benzene rings is 2. The number of carboxylic acid groups (broad SMARTS) is 1. The third-order valence-corrected chi connectivity index (χ3v) is 3.71. The van der Waals surface area contributed by atoms with E-state index in [0.717, 1.165) is 17.0 Å². The summed E-state index contributed by atoms with van der Waals surface area (Å²) in [6.07, 6.45) is 0. The van der Waals surface area contributed by atoms with Gasteiger partial charge in [-0.15, -0.1) is 0 Å². The van der Waals surface area contributed by atoms with Crippen molar-refractivity contribution in [2.45, 2.75) is 19.5 Å². The Hall–Kier alpha value is -3.49. The number of nitro benzene ring substituents is 1. The van der Waals surface area contributed by atoms with Crippen LogP contribution >= 0.6 is 0 Å². The molecule has 0 heterocycles. The molecule has 8 nitrogen and oxygen atoms in total. The molecule has 0 saturated carbocycles. The highest BCUT2D eigenvalue weighted by atomic mass is 19.1. The van der Waals surface area contributed by atoms with E-state index in [2.05, 4.69) is 5.32 Å². The first-order valence-corrected chi connectivity index (χ1v) is 7.58. The van der Waals surface area contributed by atoms with Gasteiger partial charge < -0.3 is 15.3 Å². The summed E-state index contributed by atoms with van der Waals surface area (Å²) in [4.78, 5) is 35.3. The largest absolute Gasteiger partial charge is 0.480 e. The number of nitrogens with one attached hydrogen (secondary N) is 1. The maximum Gasteiger partial charge on any atom is 0.326 e. The molecule has 0 aromatic heterocycles. The summed E-state index contributed by atoms with van der Waals surface area (Å²) in [5.41, 5.74) is 0.242. The number of nitro groups is 1. The second-order valence-electron chi connectivity index (χ2n) is 5.46. The molecule has 0 spiro atoms. The van der Waals surface area contributed by atoms with Gasteiger partial charge in [0.05, 0.1) is 11.5 Å². The lowest BCUT2D eigenvalue weighted by Crippen LogP contribution is -2.45. The molecule has 0 bridgehead atoms. The molecule has 0 fully saturated rings. The van der Waals surface area contributed by atoms with Crippen LogP contribution in [-0.2, 0) is 11.3 Å². The van der Waals surface area contributed by atoms with E-state index >= 15 is 0 Å². The van der Waals surface area contributed by atoms with E-state index in [0.29, 0.717) is 0 Å². The number of aliphatic carboxylic acids is 1. The van der Waals surface area contributed by atoms with E-state index in [1.807, 2.05) is 0 Å². The predicted octanol–water partition coefficient (Wildman–Crippen LogP) is 3.24. The molecule has 2 aromatic carbocycles. The van der Waals surface area contributed by atoms with Crippen LogP contribution in [0.4, 0.5) is 20.6 Å². The molecule has 0 unspecified atom stereocenters. The van der Waals surface area contributed by atoms with Gasteiger partial charge in [0.15, 0.2) is 0 Å². The van der Waals surface area contributed by atoms with Gasteiger partial charge in [0.1, 0.15) is 11.9 Å². The van der Waals surface area contributed by atoms with Gasteiger partial charge in [-0.25, -0.2) is 14.0 Å². The minimum Gasteiger partial charge on any atom is -0.480 e. The van der Waals surface area contributed by atoms with Crippen molar-refractivity contribution < 1.29 is 24.0 Å². The van der Waals surface area contributed by atoms with Crippen LogP contribution < -0.4 is 5.32 Å². The number of para-hydroxylation sites is 1. The van der Waals surface area contributed by atoms with E-state index < -0.39 is 28.8 Å². The average molecular weight is 361 g/mol. The van der Waals surface area contributed by atoms with Crippen molar-refractivity contribution in [3.05, 3.63) is 70.0 Å². The summed E-state index contributed by atoms with van der Waals surface area (Å²) in [5, 5.41) is 22.9. The highest BCUT2D eigenvalue weighted by Gasteiger charge is 2.28. The van der Waals surface area contributed by atoms with E-state index in [1.165, 1.54) is 37.3 Å². The van der Waals surface area contributed by atoms with Crippen LogP contribution in [-0.4, -0.2) is 33.0 Å². The van der Waals surface area contributed by atoms with Crippen molar-refractivity contribution in [1.82, 2.24) is 4.90 Å². The third-order valence-electron chi connectivity index (χ3n) is 3.71. The van der Waals surface area contributed by atoms with Gasteiger partial charge in [-0.3, -0.25) is 10.1 Å². The second-order valence-corrected chi connectivity index (χ2v) is 5.46. The Morgan fingerprint density at radius 3 is 2.42 bits per heavy atom. The van der Waals surface area contributed by atoms with Crippen molar-refractivity contribution in [1.29, 1.82) is 0 Å². The average Bonchev–Trinajstić information content (AvgIpc) is 2.61. The van der Waals surface area contributed by atoms with Gasteiger partial charge in [0, 0.05) is 17.3 Å². The Labute approximate surface area is 148 Å². The number of hydrogen-bond donors (Lipinski definition) is 2. The maximum atomic E-state index is 13.0. The van der Waals surface area contributed by atoms with E-state index in [4.69, 9.17) is 0 Å². The number of nitrogens with zero attached hydrogens (tertiary/aromatic N) is 2. The molecule has 0 saturated heterocycles. The van der Waals surface area contributed by atoms with E-state index in [1.54, 1.807) is 6.07 Å². The summed E-state index contributed by atoms with van der Waals surface area (Å²) in [6.45, 7) is 1.01. The minimum atomic E-state index is -1.27. The first-order chi connectivity index (χ1) is 12.3. The van der Waals surface area contributed by atoms with Crippen molar-refractivity contribution in [2.24, 2.45) is 0 Å². The lowest BCUT2D eigenvalue weighted by atomic mass is 10.1.